The molecule has 3 aromatic rings. The quantitative estimate of drug-likeness (QED) is 0.263. The number of aliphatic hydroxyl groups is 1. The summed E-state index contributed by atoms with van der Waals surface area (Å²) in [7, 11) is 0. The van der Waals surface area contributed by atoms with Crippen molar-refractivity contribution in [3.63, 3.8) is 0 Å². The fourth-order valence-electron chi connectivity index (χ4n) is 3.54. The average Bonchev–Trinajstić information content (AvgIpc) is 3.29. The molecule has 0 spiro atoms. The fourth-order valence-corrected chi connectivity index (χ4v) is 3.80. The standard InChI is InChI=1S/C23H15BrF3NO5/c1-12-2-11-17(32-12)19-18(20(29)13-3-5-14(24)6-4-13)21(30)22(31)28(19)15-7-9-16(10-8-15)33-23(25,26)27/h2-11,19,29H,1H3/b20-18-. The molecule has 0 saturated carbocycles. The number of ketones is 1. The van der Waals surface area contributed by atoms with Crippen LogP contribution in [0.1, 0.15) is 23.1 Å². The molecule has 1 aliphatic heterocycles. The molecule has 2 heterocycles. The number of nitrogens with zero attached hydrogens (tertiary/aromatic N) is 1. The SMILES string of the molecule is Cc1ccc(C2/C(=C(/O)c3ccc(Br)cc3)C(=O)C(=O)N2c2ccc(OC(F)(F)F)cc2)o1. The Balaban J connectivity index is 1.83. The van der Waals surface area contributed by atoms with Crippen LogP contribution in [0, 0.1) is 6.92 Å². The van der Waals surface area contributed by atoms with E-state index in [9.17, 15) is 27.9 Å². The summed E-state index contributed by atoms with van der Waals surface area (Å²) in [6.45, 7) is 1.67. The van der Waals surface area contributed by atoms with E-state index >= 15 is 0 Å². The Morgan fingerprint density at radius 2 is 1.67 bits per heavy atom. The van der Waals surface area contributed by atoms with Crippen molar-refractivity contribution >= 4 is 39.1 Å². The topological polar surface area (TPSA) is 80.0 Å². The van der Waals surface area contributed by atoms with Crippen molar-refractivity contribution in [3.05, 3.63) is 87.8 Å². The van der Waals surface area contributed by atoms with Crippen LogP contribution in [0.2, 0.25) is 0 Å². The van der Waals surface area contributed by atoms with Crippen molar-refractivity contribution in [2.75, 3.05) is 4.90 Å². The largest absolute Gasteiger partial charge is 0.573 e. The van der Waals surface area contributed by atoms with Gasteiger partial charge in [-0.25, -0.2) is 0 Å². The molecule has 1 aliphatic rings. The maximum Gasteiger partial charge on any atom is 0.573 e. The minimum Gasteiger partial charge on any atom is -0.507 e. The Morgan fingerprint density at radius 1 is 1.03 bits per heavy atom. The zero-order valence-electron chi connectivity index (χ0n) is 16.9. The van der Waals surface area contributed by atoms with Gasteiger partial charge in [-0.2, -0.15) is 0 Å². The second-order valence-corrected chi connectivity index (χ2v) is 8.08. The first kappa shape index (κ1) is 22.7. The van der Waals surface area contributed by atoms with E-state index in [1.165, 1.54) is 12.1 Å². The van der Waals surface area contributed by atoms with Crippen LogP contribution >= 0.6 is 15.9 Å². The third-order valence-corrected chi connectivity index (χ3v) is 5.47. The van der Waals surface area contributed by atoms with Crippen molar-refractivity contribution in [3.8, 4) is 5.75 Å². The second-order valence-electron chi connectivity index (χ2n) is 7.17. The van der Waals surface area contributed by atoms with Crippen molar-refractivity contribution < 1.29 is 37.0 Å². The van der Waals surface area contributed by atoms with Crippen LogP contribution in [0.25, 0.3) is 5.76 Å². The lowest BCUT2D eigenvalue weighted by Gasteiger charge is -2.23. The molecule has 1 aromatic heterocycles. The summed E-state index contributed by atoms with van der Waals surface area (Å²) < 4.78 is 47.7. The molecule has 4 rings (SSSR count). The number of aryl methyl sites for hydroxylation is 1. The number of Topliss-reactive ketones (excluding diaryl/α,β-unsaturated/α-hetero) is 1. The van der Waals surface area contributed by atoms with Crippen LogP contribution in [0.15, 0.2) is 75.1 Å². The summed E-state index contributed by atoms with van der Waals surface area (Å²) in [5.74, 6) is -2.08. The Labute approximate surface area is 194 Å². The van der Waals surface area contributed by atoms with Crippen molar-refractivity contribution in [2.24, 2.45) is 0 Å². The molecule has 0 bridgehead atoms. The van der Waals surface area contributed by atoms with Gasteiger partial charge in [0.05, 0.1) is 5.57 Å². The number of benzene rings is 2. The zero-order chi connectivity index (χ0) is 23.9. The summed E-state index contributed by atoms with van der Waals surface area (Å²) >= 11 is 3.29. The number of hydrogen-bond acceptors (Lipinski definition) is 5. The summed E-state index contributed by atoms with van der Waals surface area (Å²) in [5, 5.41) is 11.0. The Bertz CT molecular complexity index is 1250. The molecule has 1 fully saturated rings. The molecule has 1 amide bonds. The molecule has 33 heavy (non-hydrogen) atoms. The van der Waals surface area contributed by atoms with Gasteiger partial charge >= 0.3 is 6.36 Å². The van der Waals surface area contributed by atoms with Gasteiger partial charge in [-0.1, -0.05) is 28.1 Å². The van der Waals surface area contributed by atoms with Crippen LogP contribution in [0.5, 0.6) is 5.75 Å². The Hall–Kier alpha value is -3.53. The van der Waals surface area contributed by atoms with Gasteiger partial charge < -0.3 is 14.3 Å². The first-order valence-electron chi connectivity index (χ1n) is 9.54. The first-order valence-corrected chi connectivity index (χ1v) is 10.3. The smallest absolute Gasteiger partial charge is 0.507 e. The monoisotopic (exact) mass is 521 g/mol. The second kappa shape index (κ2) is 8.43. The number of carbonyl (C=O) groups excluding carboxylic acids is 2. The highest BCUT2D eigenvalue weighted by Crippen LogP contribution is 2.43. The highest BCUT2D eigenvalue weighted by atomic mass is 79.9. The molecule has 2 aromatic carbocycles. The number of ether oxygens (including phenoxy) is 1. The lowest BCUT2D eigenvalue weighted by Crippen LogP contribution is -2.29. The van der Waals surface area contributed by atoms with Crippen molar-refractivity contribution in [1.82, 2.24) is 0 Å². The van der Waals surface area contributed by atoms with E-state index in [0.717, 1.165) is 21.5 Å². The zero-order valence-corrected chi connectivity index (χ0v) is 18.5. The molecule has 0 aliphatic carbocycles. The van der Waals surface area contributed by atoms with Gasteiger partial charge in [0, 0.05) is 15.7 Å². The summed E-state index contributed by atoms with van der Waals surface area (Å²) in [4.78, 5) is 27.0. The van der Waals surface area contributed by atoms with E-state index in [-0.39, 0.29) is 17.0 Å². The number of furan rings is 1. The molecule has 1 N–H and O–H groups in total. The van der Waals surface area contributed by atoms with Crippen molar-refractivity contribution in [1.29, 1.82) is 0 Å². The van der Waals surface area contributed by atoms with Gasteiger partial charge in [0.2, 0.25) is 0 Å². The molecule has 1 unspecified atom stereocenters. The molecule has 10 heteroatoms. The molecule has 1 atom stereocenters. The molecule has 0 radical (unpaired) electrons. The number of aliphatic hydroxyl groups excluding tert-OH is 1. The highest BCUT2D eigenvalue weighted by molar-refractivity contribution is 9.10. The summed E-state index contributed by atoms with van der Waals surface area (Å²) in [6, 6.07) is 13.0. The van der Waals surface area contributed by atoms with E-state index < -0.39 is 35.6 Å². The van der Waals surface area contributed by atoms with Crippen LogP contribution in [0.4, 0.5) is 18.9 Å². The maximum absolute atomic E-state index is 13.0. The molecule has 6 nitrogen and oxygen atoms in total. The van der Waals surface area contributed by atoms with Gasteiger partial charge in [-0.05, 0) is 55.5 Å². The van der Waals surface area contributed by atoms with E-state index in [1.54, 1.807) is 43.3 Å². The third-order valence-electron chi connectivity index (χ3n) is 4.94. The lowest BCUT2D eigenvalue weighted by atomic mass is 9.99. The van der Waals surface area contributed by atoms with Crippen LogP contribution in [-0.4, -0.2) is 23.2 Å². The number of hydrogen-bond donors (Lipinski definition) is 1. The Kier molecular flexibility index (Phi) is 5.79. The Morgan fingerprint density at radius 3 is 2.21 bits per heavy atom. The predicted molar refractivity (Wildman–Crippen MR) is 115 cm³/mol. The van der Waals surface area contributed by atoms with Crippen LogP contribution in [0.3, 0.4) is 0 Å². The lowest BCUT2D eigenvalue weighted by molar-refractivity contribution is -0.274. The number of amides is 1. The van der Waals surface area contributed by atoms with E-state index in [0.29, 0.717) is 11.3 Å². The normalized spacial score (nSPS) is 18.1. The fraction of sp³-hybridized carbons (Fsp3) is 0.130. The molecular weight excluding hydrogens is 507 g/mol. The number of halogens is 4. The highest BCUT2D eigenvalue weighted by Gasteiger charge is 2.48. The van der Waals surface area contributed by atoms with E-state index in [1.807, 2.05) is 0 Å². The number of anilines is 1. The predicted octanol–water partition coefficient (Wildman–Crippen LogP) is 5.88. The van der Waals surface area contributed by atoms with Crippen LogP contribution in [-0.2, 0) is 9.59 Å². The van der Waals surface area contributed by atoms with E-state index in [4.69, 9.17) is 4.42 Å². The minimum atomic E-state index is -4.87. The van der Waals surface area contributed by atoms with E-state index in [2.05, 4.69) is 20.7 Å². The minimum absolute atomic E-state index is 0.125. The summed E-state index contributed by atoms with van der Waals surface area (Å²) in [6.07, 6.45) is -4.87. The molecule has 1 saturated heterocycles. The maximum atomic E-state index is 13.0. The van der Waals surface area contributed by atoms with Crippen LogP contribution < -0.4 is 9.64 Å². The van der Waals surface area contributed by atoms with Gasteiger partial charge in [-0.3, -0.25) is 14.5 Å². The third kappa shape index (κ3) is 4.51. The summed E-state index contributed by atoms with van der Waals surface area (Å²) in [5.41, 5.74) is 0.228. The van der Waals surface area contributed by atoms with Gasteiger partial charge in [0.15, 0.2) is 0 Å². The average molecular weight is 522 g/mol. The number of carbonyl (C=O) groups is 2. The first-order chi connectivity index (χ1) is 15.5. The van der Waals surface area contributed by atoms with Gasteiger partial charge in [0.1, 0.15) is 29.1 Å². The number of alkyl halides is 3. The molecule has 170 valence electrons. The molecular formula is C23H15BrF3NO5. The van der Waals surface area contributed by atoms with Gasteiger partial charge in [-0.15, -0.1) is 13.2 Å². The number of rotatable bonds is 4. The van der Waals surface area contributed by atoms with Crippen molar-refractivity contribution in [2.45, 2.75) is 19.3 Å². The van der Waals surface area contributed by atoms with Gasteiger partial charge in [0.25, 0.3) is 11.7 Å².